The van der Waals surface area contributed by atoms with Gasteiger partial charge in [-0.15, -0.1) is 0 Å². The third-order valence-corrected chi connectivity index (χ3v) is 2.15. The molecule has 1 aromatic carbocycles. The molecule has 0 nitrogen and oxygen atoms in total. The highest BCUT2D eigenvalue weighted by molar-refractivity contribution is 9.11. The Morgan fingerprint density at radius 2 is 2.00 bits per heavy atom. The predicted molar refractivity (Wildman–Crippen MR) is 53.9 cm³/mol. The molecule has 0 aromatic heterocycles. The molecular formula is C10H11Br. The Balaban J connectivity index is 3.16. The van der Waals surface area contributed by atoms with E-state index in [0.717, 1.165) is 0 Å². The Morgan fingerprint density at radius 3 is 2.64 bits per heavy atom. The van der Waals surface area contributed by atoms with Gasteiger partial charge in [0, 0.05) is 0 Å². The van der Waals surface area contributed by atoms with Gasteiger partial charge in [-0.2, -0.15) is 0 Å². The summed E-state index contributed by atoms with van der Waals surface area (Å²) in [4.78, 5) is 1.88. The molecule has 0 bridgehead atoms. The summed E-state index contributed by atoms with van der Waals surface area (Å²) in [7, 11) is 0. The van der Waals surface area contributed by atoms with Crippen LogP contribution in [0.15, 0.2) is 23.2 Å². The van der Waals surface area contributed by atoms with Crippen molar-refractivity contribution in [3.05, 3.63) is 39.9 Å². The quantitative estimate of drug-likeness (QED) is 0.664. The molecule has 0 aliphatic rings. The van der Waals surface area contributed by atoms with Gasteiger partial charge < -0.3 is 0 Å². The van der Waals surface area contributed by atoms with Crippen molar-refractivity contribution in [3.8, 4) is 0 Å². The van der Waals surface area contributed by atoms with Crippen LogP contribution in [0.4, 0.5) is 0 Å². The molecular weight excluding hydrogens is 200 g/mol. The zero-order chi connectivity index (χ0) is 8.27. The summed E-state index contributed by atoms with van der Waals surface area (Å²) in [5.41, 5.74) is 3.97. The van der Waals surface area contributed by atoms with E-state index in [1.54, 1.807) is 0 Å². The van der Waals surface area contributed by atoms with Gasteiger partial charge in [-0.1, -0.05) is 34.1 Å². The maximum absolute atomic E-state index is 3.26. The summed E-state index contributed by atoms with van der Waals surface area (Å²) < 4.78 is 0. The fraction of sp³-hybridized carbons (Fsp3) is 0.200. The molecule has 1 heteroatoms. The second-order valence-electron chi connectivity index (χ2n) is 2.58. The summed E-state index contributed by atoms with van der Waals surface area (Å²) >= 11 is 3.26. The molecule has 0 aliphatic carbocycles. The van der Waals surface area contributed by atoms with Crippen molar-refractivity contribution < 1.29 is 0 Å². The molecule has 0 saturated carbocycles. The first-order valence-corrected chi connectivity index (χ1v) is 4.50. The van der Waals surface area contributed by atoms with E-state index < -0.39 is 0 Å². The maximum atomic E-state index is 3.26. The van der Waals surface area contributed by atoms with E-state index in [4.69, 9.17) is 0 Å². The number of hydrogen-bond donors (Lipinski definition) is 0. The van der Waals surface area contributed by atoms with Gasteiger partial charge >= 0.3 is 0 Å². The van der Waals surface area contributed by atoms with Crippen molar-refractivity contribution in [2.75, 3.05) is 0 Å². The van der Waals surface area contributed by atoms with Gasteiger partial charge in [0.05, 0.1) is 0 Å². The Morgan fingerprint density at radius 1 is 1.27 bits per heavy atom. The molecule has 1 aromatic rings. The first-order chi connectivity index (χ1) is 5.25. The van der Waals surface area contributed by atoms with E-state index in [1.165, 1.54) is 16.7 Å². The lowest BCUT2D eigenvalue weighted by Crippen LogP contribution is -1.83. The van der Waals surface area contributed by atoms with Crippen molar-refractivity contribution in [1.29, 1.82) is 0 Å². The average Bonchev–Trinajstić information content (AvgIpc) is 1.99. The summed E-state index contributed by atoms with van der Waals surface area (Å²) in [5, 5.41) is 0. The first kappa shape index (κ1) is 8.54. The normalized spacial score (nSPS) is 10.8. The van der Waals surface area contributed by atoms with Gasteiger partial charge in [-0.3, -0.25) is 0 Å². The van der Waals surface area contributed by atoms with Crippen LogP contribution in [-0.4, -0.2) is 0 Å². The Labute approximate surface area is 76.1 Å². The van der Waals surface area contributed by atoms with Crippen molar-refractivity contribution in [3.63, 3.8) is 0 Å². The third kappa shape index (κ3) is 1.93. The second-order valence-corrected chi connectivity index (χ2v) is 3.11. The monoisotopic (exact) mass is 210 g/mol. The van der Waals surface area contributed by atoms with Crippen molar-refractivity contribution in [2.24, 2.45) is 0 Å². The summed E-state index contributed by atoms with van der Waals surface area (Å²) in [6, 6.07) is 6.31. The van der Waals surface area contributed by atoms with Gasteiger partial charge in [0.25, 0.3) is 0 Å². The standard InChI is InChI=1S/C10H11Br/c1-8-4-3-5-10(6-7-11)9(8)2/h3-7H,1-2H3/b7-6+. The number of hydrogen-bond acceptors (Lipinski definition) is 0. The molecule has 58 valence electrons. The number of rotatable bonds is 1. The van der Waals surface area contributed by atoms with E-state index in [0.29, 0.717) is 0 Å². The Kier molecular flexibility index (Phi) is 2.89. The SMILES string of the molecule is Cc1cccc(/C=C/Br)c1C. The Hall–Kier alpha value is -0.560. The first-order valence-electron chi connectivity index (χ1n) is 3.58. The molecule has 0 N–H and O–H groups in total. The molecule has 0 saturated heterocycles. The number of aryl methyl sites for hydroxylation is 1. The van der Waals surface area contributed by atoms with Crippen LogP contribution in [0.2, 0.25) is 0 Å². The van der Waals surface area contributed by atoms with Crippen LogP contribution < -0.4 is 0 Å². The minimum Gasteiger partial charge on any atom is -0.0614 e. The predicted octanol–water partition coefficient (Wildman–Crippen LogP) is 3.67. The topological polar surface area (TPSA) is 0 Å². The second kappa shape index (κ2) is 3.72. The lowest BCUT2D eigenvalue weighted by Gasteiger charge is -2.02. The van der Waals surface area contributed by atoms with Gasteiger partial charge in [-0.25, -0.2) is 0 Å². The molecule has 0 radical (unpaired) electrons. The fourth-order valence-corrected chi connectivity index (χ4v) is 1.31. The smallest absolute Gasteiger partial charge is 0.0183 e. The van der Waals surface area contributed by atoms with Gasteiger partial charge in [-0.05, 0) is 41.6 Å². The third-order valence-electron chi connectivity index (χ3n) is 1.89. The van der Waals surface area contributed by atoms with Gasteiger partial charge in [0.15, 0.2) is 0 Å². The highest BCUT2D eigenvalue weighted by Gasteiger charge is 1.94. The highest BCUT2D eigenvalue weighted by atomic mass is 79.9. The largest absolute Gasteiger partial charge is 0.0614 e. The molecule has 1 rings (SSSR count). The van der Waals surface area contributed by atoms with Crippen LogP contribution >= 0.6 is 15.9 Å². The summed E-state index contributed by atoms with van der Waals surface area (Å²) in [6.07, 6.45) is 2.06. The van der Waals surface area contributed by atoms with E-state index in [1.807, 2.05) is 4.99 Å². The van der Waals surface area contributed by atoms with E-state index in [-0.39, 0.29) is 0 Å². The van der Waals surface area contributed by atoms with E-state index >= 15 is 0 Å². The van der Waals surface area contributed by atoms with Crippen LogP contribution in [0.5, 0.6) is 0 Å². The van der Waals surface area contributed by atoms with Gasteiger partial charge in [0.2, 0.25) is 0 Å². The maximum Gasteiger partial charge on any atom is -0.0183 e. The van der Waals surface area contributed by atoms with Crippen LogP contribution in [0.1, 0.15) is 16.7 Å². The molecule has 0 atom stereocenters. The lowest BCUT2D eigenvalue weighted by atomic mass is 10.0. The molecule has 0 unspecified atom stereocenters. The molecule has 0 aliphatic heterocycles. The molecule has 0 spiro atoms. The molecule has 11 heavy (non-hydrogen) atoms. The van der Waals surface area contributed by atoms with Crippen LogP contribution in [0.3, 0.4) is 0 Å². The molecule has 0 fully saturated rings. The Bertz CT molecular complexity index is 274. The van der Waals surface area contributed by atoms with Crippen LogP contribution in [0, 0.1) is 13.8 Å². The lowest BCUT2D eigenvalue weighted by molar-refractivity contribution is 1.33. The zero-order valence-corrected chi connectivity index (χ0v) is 8.35. The van der Waals surface area contributed by atoms with Crippen LogP contribution in [0.25, 0.3) is 6.08 Å². The van der Waals surface area contributed by atoms with E-state index in [2.05, 4.69) is 54.1 Å². The molecule has 0 heterocycles. The van der Waals surface area contributed by atoms with Crippen molar-refractivity contribution in [2.45, 2.75) is 13.8 Å². The van der Waals surface area contributed by atoms with E-state index in [9.17, 15) is 0 Å². The summed E-state index contributed by atoms with van der Waals surface area (Å²) in [5.74, 6) is 0. The number of benzene rings is 1. The van der Waals surface area contributed by atoms with Crippen molar-refractivity contribution >= 4 is 22.0 Å². The minimum atomic E-state index is 1.28. The minimum absolute atomic E-state index is 1.28. The summed E-state index contributed by atoms with van der Waals surface area (Å²) in [6.45, 7) is 4.26. The van der Waals surface area contributed by atoms with Crippen molar-refractivity contribution in [1.82, 2.24) is 0 Å². The average molecular weight is 211 g/mol. The number of halogens is 1. The van der Waals surface area contributed by atoms with Gasteiger partial charge in [0.1, 0.15) is 0 Å². The molecule has 0 amide bonds. The highest BCUT2D eigenvalue weighted by Crippen LogP contribution is 2.14. The fourth-order valence-electron chi connectivity index (χ4n) is 1.02. The van der Waals surface area contributed by atoms with Crippen LogP contribution in [-0.2, 0) is 0 Å². The zero-order valence-electron chi connectivity index (χ0n) is 6.76.